The van der Waals surface area contributed by atoms with Crippen molar-refractivity contribution >= 4 is 28.6 Å². The summed E-state index contributed by atoms with van der Waals surface area (Å²) in [5.41, 5.74) is 7.64. The Kier molecular flexibility index (Phi) is 3.71. The highest BCUT2D eigenvalue weighted by molar-refractivity contribution is 7.13. The van der Waals surface area contributed by atoms with Crippen molar-refractivity contribution in [2.75, 3.05) is 18.2 Å². The summed E-state index contributed by atoms with van der Waals surface area (Å²) in [5, 5.41) is 3.68. The third kappa shape index (κ3) is 2.85. The molecule has 0 spiro atoms. The Bertz CT molecular complexity index is 622. The first-order chi connectivity index (χ1) is 9.01. The van der Waals surface area contributed by atoms with Gasteiger partial charge in [-0.15, -0.1) is 11.3 Å². The van der Waals surface area contributed by atoms with E-state index in [1.54, 1.807) is 18.2 Å². The summed E-state index contributed by atoms with van der Waals surface area (Å²) in [6.07, 6.45) is 0. The number of nitrogen functional groups attached to an aromatic ring is 1. The van der Waals surface area contributed by atoms with Gasteiger partial charge in [-0.2, -0.15) is 0 Å². The Labute approximate surface area is 115 Å². The second-order valence-electron chi connectivity index (χ2n) is 4.06. The minimum absolute atomic E-state index is 0.171. The quantitative estimate of drug-likeness (QED) is 0.845. The number of methoxy groups -OCH3 is 1. The molecule has 0 atom stereocenters. The van der Waals surface area contributed by atoms with Crippen LogP contribution in [0.25, 0.3) is 0 Å². The lowest BCUT2D eigenvalue weighted by molar-refractivity contribution is 0.103. The van der Waals surface area contributed by atoms with Crippen LogP contribution in [0.15, 0.2) is 18.2 Å². The zero-order chi connectivity index (χ0) is 14.0. The van der Waals surface area contributed by atoms with Crippen molar-refractivity contribution in [3.05, 3.63) is 33.8 Å². The summed E-state index contributed by atoms with van der Waals surface area (Å²) >= 11 is 1.38. The van der Waals surface area contributed by atoms with Crippen LogP contribution in [0.5, 0.6) is 5.75 Å². The van der Waals surface area contributed by atoms with Crippen LogP contribution in [0.1, 0.15) is 20.4 Å². The van der Waals surface area contributed by atoms with Gasteiger partial charge in [0.25, 0.3) is 5.91 Å². The van der Waals surface area contributed by atoms with E-state index < -0.39 is 0 Å². The fraction of sp³-hybridized carbons (Fsp3) is 0.231. The van der Waals surface area contributed by atoms with Gasteiger partial charge in [0.05, 0.1) is 23.5 Å². The molecule has 3 N–H and O–H groups in total. The molecule has 1 amide bonds. The smallest absolute Gasteiger partial charge is 0.267 e. The van der Waals surface area contributed by atoms with E-state index in [0.717, 1.165) is 10.7 Å². The van der Waals surface area contributed by atoms with Gasteiger partial charge in [0.15, 0.2) is 0 Å². The van der Waals surface area contributed by atoms with Crippen molar-refractivity contribution in [3.8, 4) is 5.75 Å². The van der Waals surface area contributed by atoms with Gasteiger partial charge in [0.2, 0.25) is 0 Å². The molecule has 0 saturated heterocycles. The number of amides is 1. The molecule has 6 heteroatoms. The fourth-order valence-electron chi connectivity index (χ4n) is 1.72. The van der Waals surface area contributed by atoms with Gasteiger partial charge in [0.1, 0.15) is 10.6 Å². The Balaban J connectivity index is 2.21. The lowest BCUT2D eigenvalue weighted by Crippen LogP contribution is -2.11. The Hall–Kier alpha value is -2.08. The van der Waals surface area contributed by atoms with Crippen LogP contribution >= 0.6 is 11.3 Å². The minimum Gasteiger partial charge on any atom is -0.495 e. The number of rotatable bonds is 3. The van der Waals surface area contributed by atoms with E-state index in [2.05, 4.69) is 10.3 Å². The van der Waals surface area contributed by atoms with E-state index in [1.807, 2.05) is 13.8 Å². The molecule has 0 radical (unpaired) electrons. The maximum Gasteiger partial charge on any atom is 0.267 e. The van der Waals surface area contributed by atoms with E-state index in [1.165, 1.54) is 18.4 Å². The third-order valence-electron chi connectivity index (χ3n) is 2.60. The molecule has 1 aromatic carbocycles. The van der Waals surface area contributed by atoms with Crippen LogP contribution in [0, 0.1) is 13.8 Å². The number of hydrogen-bond acceptors (Lipinski definition) is 5. The SMILES string of the molecule is COc1cc(NC(=O)c2sc(C)nc2C)ccc1N. The van der Waals surface area contributed by atoms with E-state index in [4.69, 9.17) is 10.5 Å². The van der Waals surface area contributed by atoms with Crippen LogP contribution in [0.2, 0.25) is 0 Å². The van der Waals surface area contributed by atoms with Gasteiger partial charge in [-0.3, -0.25) is 4.79 Å². The molecule has 5 nitrogen and oxygen atoms in total. The maximum absolute atomic E-state index is 12.1. The first-order valence-electron chi connectivity index (χ1n) is 5.70. The number of aromatic nitrogens is 1. The lowest BCUT2D eigenvalue weighted by atomic mass is 10.2. The van der Waals surface area contributed by atoms with Crippen molar-refractivity contribution in [3.63, 3.8) is 0 Å². The average molecular weight is 277 g/mol. The van der Waals surface area contributed by atoms with Crippen molar-refractivity contribution in [2.24, 2.45) is 0 Å². The molecule has 1 aromatic heterocycles. The summed E-state index contributed by atoms with van der Waals surface area (Å²) in [5.74, 6) is 0.366. The predicted molar refractivity (Wildman–Crippen MR) is 76.9 cm³/mol. The first kappa shape index (κ1) is 13.4. The zero-order valence-corrected chi connectivity index (χ0v) is 11.8. The molecule has 0 unspecified atom stereocenters. The van der Waals surface area contributed by atoms with Crippen LogP contribution in [-0.4, -0.2) is 18.0 Å². The number of nitrogens with two attached hydrogens (primary N) is 1. The van der Waals surface area contributed by atoms with Crippen LogP contribution < -0.4 is 15.8 Å². The Morgan fingerprint density at radius 1 is 1.42 bits per heavy atom. The monoisotopic (exact) mass is 277 g/mol. The summed E-state index contributed by atoms with van der Waals surface area (Å²) in [6, 6.07) is 5.12. The molecule has 0 bridgehead atoms. The number of benzene rings is 1. The number of hydrogen-bond donors (Lipinski definition) is 2. The molecule has 0 aliphatic heterocycles. The lowest BCUT2D eigenvalue weighted by Gasteiger charge is -2.08. The van der Waals surface area contributed by atoms with Crippen molar-refractivity contribution in [2.45, 2.75) is 13.8 Å². The van der Waals surface area contributed by atoms with Crippen molar-refractivity contribution in [1.29, 1.82) is 0 Å². The van der Waals surface area contributed by atoms with Gasteiger partial charge in [-0.25, -0.2) is 4.98 Å². The zero-order valence-electron chi connectivity index (χ0n) is 11.0. The highest BCUT2D eigenvalue weighted by Gasteiger charge is 2.14. The number of thiazole rings is 1. The summed E-state index contributed by atoms with van der Waals surface area (Å²) in [7, 11) is 1.54. The van der Waals surface area contributed by atoms with Gasteiger partial charge in [-0.05, 0) is 26.0 Å². The van der Waals surface area contributed by atoms with Gasteiger partial charge < -0.3 is 15.8 Å². The molecule has 0 aliphatic rings. The summed E-state index contributed by atoms with van der Waals surface area (Å²) in [6.45, 7) is 3.70. The van der Waals surface area contributed by atoms with Crippen molar-refractivity contribution < 1.29 is 9.53 Å². The molecular formula is C13H15N3O2S. The van der Waals surface area contributed by atoms with Crippen LogP contribution in [0.3, 0.4) is 0 Å². The highest BCUT2D eigenvalue weighted by Crippen LogP contribution is 2.26. The maximum atomic E-state index is 12.1. The highest BCUT2D eigenvalue weighted by atomic mass is 32.1. The van der Waals surface area contributed by atoms with Crippen molar-refractivity contribution in [1.82, 2.24) is 4.98 Å². The molecule has 0 fully saturated rings. The number of aryl methyl sites for hydroxylation is 2. The second-order valence-corrected chi connectivity index (χ2v) is 5.26. The summed E-state index contributed by atoms with van der Waals surface area (Å²) in [4.78, 5) is 17.0. The standard InChI is InChI=1S/C13H15N3O2S/c1-7-12(19-8(2)15-7)13(17)16-9-4-5-10(14)11(6-9)18-3/h4-6H,14H2,1-3H3,(H,16,17). The summed E-state index contributed by atoms with van der Waals surface area (Å²) < 4.78 is 5.11. The Morgan fingerprint density at radius 3 is 2.74 bits per heavy atom. The van der Waals surface area contributed by atoms with Gasteiger partial charge in [-0.1, -0.05) is 0 Å². The van der Waals surface area contributed by atoms with Gasteiger partial charge in [0, 0.05) is 11.8 Å². The molecular weight excluding hydrogens is 262 g/mol. The molecule has 0 saturated carbocycles. The number of nitrogens with zero attached hydrogens (tertiary/aromatic N) is 1. The molecule has 19 heavy (non-hydrogen) atoms. The molecule has 0 aliphatic carbocycles. The van der Waals surface area contributed by atoms with Gasteiger partial charge >= 0.3 is 0 Å². The van der Waals surface area contributed by atoms with E-state index in [-0.39, 0.29) is 5.91 Å². The number of ether oxygens (including phenoxy) is 1. The molecule has 2 aromatic rings. The Morgan fingerprint density at radius 2 is 2.16 bits per heavy atom. The van der Waals surface area contributed by atoms with Crippen LogP contribution in [-0.2, 0) is 0 Å². The average Bonchev–Trinajstić information content (AvgIpc) is 2.71. The number of nitrogens with one attached hydrogen (secondary N) is 1. The first-order valence-corrected chi connectivity index (χ1v) is 6.52. The van der Waals surface area contributed by atoms with E-state index in [9.17, 15) is 4.79 Å². The topological polar surface area (TPSA) is 77.2 Å². The minimum atomic E-state index is -0.171. The van der Waals surface area contributed by atoms with E-state index in [0.29, 0.717) is 22.0 Å². The van der Waals surface area contributed by atoms with Crippen LogP contribution in [0.4, 0.5) is 11.4 Å². The number of carbonyl (C=O) groups excluding carboxylic acids is 1. The molecule has 1 heterocycles. The number of carbonyl (C=O) groups is 1. The molecule has 100 valence electrons. The number of anilines is 2. The second kappa shape index (κ2) is 5.27. The largest absolute Gasteiger partial charge is 0.495 e. The fourth-order valence-corrected chi connectivity index (χ4v) is 2.53. The van der Waals surface area contributed by atoms with E-state index >= 15 is 0 Å². The normalized spacial score (nSPS) is 10.3. The molecule has 2 rings (SSSR count). The third-order valence-corrected chi connectivity index (χ3v) is 3.67. The predicted octanol–water partition coefficient (Wildman–Crippen LogP) is 2.60.